The number of rotatable bonds is 7. The number of carbonyl (C=O) groups is 2. The molecule has 168 valence electrons. The van der Waals surface area contributed by atoms with Gasteiger partial charge in [-0.3, -0.25) is 0 Å². The molecule has 0 saturated carbocycles. The van der Waals surface area contributed by atoms with Crippen LogP contribution >= 0.6 is 0 Å². The molecule has 0 bridgehead atoms. The van der Waals surface area contributed by atoms with Gasteiger partial charge in [0.05, 0.1) is 5.56 Å². The van der Waals surface area contributed by atoms with Gasteiger partial charge in [0, 0.05) is 29.2 Å². The Morgan fingerprint density at radius 1 is 1.09 bits per heavy atom. The third-order valence-corrected chi connectivity index (χ3v) is 5.17. The van der Waals surface area contributed by atoms with Crippen LogP contribution in [0.1, 0.15) is 68.1 Å². The summed E-state index contributed by atoms with van der Waals surface area (Å²) < 4.78 is 7.66. The fourth-order valence-electron chi connectivity index (χ4n) is 3.69. The molecule has 0 atom stereocenters. The zero-order chi connectivity index (χ0) is 23.5. The van der Waals surface area contributed by atoms with Crippen molar-refractivity contribution in [2.75, 3.05) is 0 Å². The number of aromatic carboxylic acids is 1. The Hall–Kier alpha value is -3.34. The van der Waals surface area contributed by atoms with Gasteiger partial charge in [-0.25, -0.2) is 9.59 Å². The number of aromatic nitrogens is 1. The lowest BCUT2D eigenvalue weighted by molar-refractivity contribution is -0.149. The monoisotopic (exact) mass is 433 g/mol. The van der Waals surface area contributed by atoms with E-state index in [1.54, 1.807) is 19.1 Å². The zero-order valence-corrected chi connectivity index (χ0v) is 19.4. The summed E-state index contributed by atoms with van der Waals surface area (Å²) in [5.41, 5.74) is 4.63. The summed E-state index contributed by atoms with van der Waals surface area (Å²) >= 11 is 0. The van der Waals surface area contributed by atoms with Crippen LogP contribution in [0.25, 0.3) is 17.0 Å². The maximum absolute atomic E-state index is 12.4. The third kappa shape index (κ3) is 5.67. The second-order valence-corrected chi connectivity index (χ2v) is 9.14. The van der Waals surface area contributed by atoms with Gasteiger partial charge in [0.15, 0.2) is 0 Å². The van der Waals surface area contributed by atoms with E-state index in [0.29, 0.717) is 12.1 Å². The fourth-order valence-corrected chi connectivity index (χ4v) is 3.69. The summed E-state index contributed by atoms with van der Waals surface area (Å²) in [7, 11) is 0. The molecule has 5 nitrogen and oxygen atoms in total. The number of benzene rings is 2. The van der Waals surface area contributed by atoms with E-state index in [9.17, 15) is 9.59 Å². The number of hydrogen-bond donors (Lipinski definition) is 1. The summed E-state index contributed by atoms with van der Waals surface area (Å²) in [6.45, 7) is 10.1. The van der Waals surface area contributed by atoms with E-state index in [1.807, 2.05) is 45.0 Å². The van der Waals surface area contributed by atoms with Crippen LogP contribution in [0.3, 0.4) is 0 Å². The van der Waals surface area contributed by atoms with Gasteiger partial charge in [-0.15, -0.1) is 0 Å². The minimum Gasteiger partial charge on any atom is -0.478 e. The van der Waals surface area contributed by atoms with Crippen molar-refractivity contribution in [1.29, 1.82) is 0 Å². The maximum atomic E-state index is 12.4. The quantitative estimate of drug-likeness (QED) is 0.362. The largest absolute Gasteiger partial charge is 0.478 e. The van der Waals surface area contributed by atoms with Crippen LogP contribution in [-0.4, -0.2) is 27.2 Å². The molecular formula is C27H31NO4. The Morgan fingerprint density at radius 3 is 2.38 bits per heavy atom. The Kier molecular flexibility index (Phi) is 6.87. The highest BCUT2D eigenvalue weighted by molar-refractivity contribution is 5.94. The lowest BCUT2D eigenvalue weighted by Gasteiger charge is -2.19. The predicted molar refractivity (Wildman–Crippen MR) is 128 cm³/mol. The molecule has 5 heteroatoms. The van der Waals surface area contributed by atoms with Crippen LogP contribution in [0, 0.1) is 0 Å². The summed E-state index contributed by atoms with van der Waals surface area (Å²) in [4.78, 5) is 23.5. The van der Waals surface area contributed by atoms with Gasteiger partial charge in [0.25, 0.3) is 0 Å². The highest BCUT2D eigenvalue weighted by Crippen LogP contribution is 2.26. The van der Waals surface area contributed by atoms with E-state index in [-0.39, 0.29) is 11.5 Å². The summed E-state index contributed by atoms with van der Waals surface area (Å²) in [6, 6.07) is 13.2. The van der Waals surface area contributed by atoms with E-state index in [1.165, 1.54) is 10.9 Å². The highest BCUT2D eigenvalue weighted by atomic mass is 16.6. The van der Waals surface area contributed by atoms with Crippen molar-refractivity contribution < 1.29 is 19.4 Å². The Labute approximate surface area is 189 Å². The first-order valence-corrected chi connectivity index (χ1v) is 10.9. The molecule has 0 fully saturated rings. The molecule has 0 aliphatic carbocycles. The fraction of sp³-hybridized carbons (Fsp3) is 0.333. The second-order valence-electron chi connectivity index (χ2n) is 9.14. The lowest BCUT2D eigenvalue weighted by Crippen LogP contribution is -2.24. The maximum Gasteiger partial charge on any atom is 0.335 e. The number of fused-ring (bicyclic) bond motifs is 1. The molecule has 0 amide bonds. The molecule has 1 aromatic heterocycles. The molecule has 0 radical (unpaired) electrons. The predicted octanol–water partition coefficient (Wildman–Crippen LogP) is 6.09. The number of nitrogens with zero attached hydrogens (tertiary/aromatic N) is 1. The van der Waals surface area contributed by atoms with Crippen molar-refractivity contribution in [1.82, 2.24) is 4.57 Å². The van der Waals surface area contributed by atoms with Crippen LogP contribution in [0.4, 0.5) is 0 Å². The first-order chi connectivity index (χ1) is 15.1. The van der Waals surface area contributed by atoms with Gasteiger partial charge < -0.3 is 14.4 Å². The Morgan fingerprint density at radius 2 is 1.78 bits per heavy atom. The topological polar surface area (TPSA) is 68.5 Å². The molecule has 1 N–H and O–H groups in total. The first-order valence-electron chi connectivity index (χ1n) is 10.9. The lowest BCUT2D eigenvalue weighted by atomic mass is 10.1. The number of carbonyl (C=O) groups excluding carboxylic acids is 1. The molecule has 3 aromatic rings. The van der Waals surface area contributed by atoms with Crippen LogP contribution in [0.2, 0.25) is 0 Å². The van der Waals surface area contributed by atoms with Crippen LogP contribution in [0.15, 0.2) is 54.2 Å². The Bertz CT molecular complexity index is 1160. The molecule has 3 rings (SSSR count). The molecule has 0 spiro atoms. The minimum atomic E-state index is -0.926. The van der Waals surface area contributed by atoms with Gasteiger partial charge in [0.1, 0.15) is 5.60 Å². The molecule has 0 saturated heterocycles. The summed E-state index contributed by atoms with van der Waals surface area (Å²) in [6.07, 6.45) is 6.05. The molecular weight excluding hydrogens is 402 g/mol. The van der Waals surface area contributed by atoms with Crippen molar-refractivity contribution in [2.45, 2.75) is 59.6 Å². The van der Waals surface area contributed by atoms with E-state index in [2.05, 4.69) is 29.8 Å². The number of carboxylic acid groups (broad SMARTS) is 1. The molecule has 0 aliphatic heterocycles. The minimum absolute atomic E-state index is 0.280. The Balaban J connectivity index is 1.96. The standard InChI is InChI=1S/C27H31NO4/c1-6-7-22-17-28(16-19-8-11-21(12-9-19)25(29)30)24-15-20(10-13-23(22)24)14-18(2)26(31)32-27(3,4)5/h8-15,17H,6-7,16H2,1-5H3,(H,29,30). The number of carboxylic acids is 1. The molecule has 1 heterocycles. The second kappa shape index (κ2) is 9.43. The van der Waals surface area contributed by atoms with Crippen molar-refractivity contribution >= 4 is 28.9 Å². The summed E-state index contributed by atoms with van der Waals surface area (Å²) in [5, 5.41) is 10.3. The van der Waals surface area contributed by atoms with Crippen molar-refractivity contribution in [3.05, 3.63) is 76.5 Å². The molecule has 0 unspecified atom stereocenters. The zero-order valence-electron chi connectivity index (χ0n) is 19.4. The van der Waals surface area contributed by atoms with Crippen LogP contribution in [-0.2, 0) is 22.5 Å². The van der Waals surface area contributed by atoms with E-state index >= 15 is 0 Å². The van der Waals surface area contributed by atoms with Crippen molar-refractivity contribution in [3.8, 4) is 0 Å². The number of ether oxygens (including phenoxy) is 1. The first kappa shape index (κ1) is 23.3. The van der Waals surface area contributed by atoms with Crippen molar-refractivity contribution in [2.24, 2.45) is 0 Å². The normalized spacial score (nSPS) is 12.2. The van der Waals surface area contributed by atoms with Gasteiger partial charge in [-0.05, 0) is 75.1 Å². The average Bonchev–Trinajstić information content (AvgIpc) is 3.04. The van der Waals surface area contributed by atoms with Gasteiger partial charge >= 0.3 is 11.9 Å². The highest BCUT2D eigenvalue weighted by Gasteiger charge is 2.17. The molecule has 0 aliphatic rings. The van der Waals surface area contributed by atoms with Crippen LogP contribution < -0.4 is 0 Å². The number of aryl methyl sites for hydroxylation is 1. The summed E-state index contributed by atoms with van der Waals surface area (Å²) in [5.74, 6) is -1.25. The van der Waals surface area contributed by atoms with Gasteiger partial charge in [-0.1, -0.05) is 37.6 Å². The SMILES string of the molecule is CCCc1cn(Cc2ccc(C(=O)O)cc2)c2cc(C=C(C)C(=O)OC(C)(C)C)ccc12. The average molecular weight is 434 g/mol. The van der Waals surface area contributed by atoms with Crippen molar-refractivity contribution in [3.63, 3.8) is 0 Å². The van der Waals surface area contributed by atoms with E-state index in [0.717, 1.165) is 29.5 Å². The molecule has 2 aromatic carbocycles. The van der Waals surface area contributed by atoms with Gasteiger partial charge in [0.2, 0.25) is 0 Å². The third-order valence-electron chi connectivity index (χ3n) is 5.17. The van der Waals surface area contributed by atoms with E-state index in [4.69, 9.17) is 9.84 Å². The smallest absolute Gasteiger partial charge is 0.335 e. The number of hydrogen-bond acceptors (Lipinski definition) is 3. The van der Waals surface area contributed by atoms with E-state index < -0.39 is 11.6 Å². The molecule has 32 heavy (non-hydrogen) atoms. The van der Waals surface area contributed by atoms with Gasteiger partial charge in [-0.2, -0.15) is 0 Å². The van der Waals surface area contributed by atoms with Crippen LogP contribution in [0.5, 0.6) is 0 Å². The number of esters is 1.